The quantitative estimate of drug-likeness (QED) is 0.873. The standard InChI is InChI=1S/C20H28N2/c1-14-6-7-18-17(8-14)10-15(13-21-18)9-16-11-19(2,3)22-20(4,5)12-16/h6-8,10,13,16,22H,9,11-12H2,1-5H3. The summed E-state index contributed by atoms with van der Waals surface area (Å²) in [4.78, 5) is 4.64. The van der Waals surface area contributed by atoms with Gasteiger partial charge in [0.2, 0.25) is 0 Å². The number of hydrogen-bond acceptors (Lipinski definition) is 2. The zero-order valence-corrected chi connectivity index (χ0v) is 14.5. The lowest BCUT2D eigenvalue weighted by atomic mass is 9.74. The summed E-state index contributed by atoms with van der Waals surface area (Å²) in [5.74, 6) is 0.718. The maximum atomic E-state index is 4.64. The Labute approximate surface area is 134 Å². The topological polar surface area (TPSA) is 24.9 Å². The van der Waals surface area contributed by atoms with E-state index in [9.17, 15) is 0 Å². The van der Waals surface area contributed by atoms with E-state index in [-0.39, 0.29) is 11.1 Å². The van der Waals surface area contributed by atoms with E-state index in [1.54, 1.807) is 0 Å². The summed E-state index contributed by atoms with van der Waals surface area (Å²) in [6, 6.07) is 8.82. The Hall–Kier alpha value is -1.41. The molecule has 118 valence electrons. The van der Waals surface area contributed by atoms with Crippen molar-refractivity contribution in [3.05, 3.63) is 41.6 Å². The second-order valence-corrected chi connectivity index (χ2v) is 8.41. The van der Waals surface area contributed by atoms with Crippen molar-refractivity contribution in [1.29, 1.82) is 0 Å². The minimum Gasteiger partial charge on any atom is -0.307 e. The number of hydrogen-bond donors (Lipinski definition) is 1. The van der Waals surface area contributed by atoms with Crippen LogP contribution in [0.3, 0.4) is 0 Å². The van der Waals surface area contributed by atoms with Gasteiger partial charge in [-0.2, -0.15) is 0 Å². The molecule has 1 aromatic heterocycles. The van der Waals surface area contributed by atoms with E-state index >= 15 is 0 Å². The van der Waals surface area contributed by atoms with Crippen LogP contribution in [0.1, 0.15) is 51.7 Å². The average Bonchev–Trinajstić information content (AvgIpc) is 2.34. The van der Waals surface area contributed by atoms with E-state index in [0.717, 1.165) is 17.9 Å². The van der Waals surface area contributed by atoms with Crippen molar-refractivity contribution in [2.75, 3.05) is 0 Å². The smallest absolute Gasteiger partial charge is 0.0702 e. The first-order valence-corrected chi connectivity index (χ1v) is 8.37. The number of aryl methyl sites for hydroxylation is 1. The summed E-state index contributed by atoms with van der Waals surface area (Å²) >= 11 is 0. The van der Waals surface area contributed by atoms with Gasteiger partial charge in [-0.3, -0.25) is 4.98 Å². The molecule has 0 amide bonds. The maximum absolute atomic E-state index is 4.64. The van der Waals surface area contributed by atoms with Gasteiger partial charge in [0.1, 0.15) is 0 Å². The van der Waals surface area contributed by atoms with Gasteiger partial charge >= 0.3 is 0 Å². The number of aromatic nitrogens is 1. The highest BCUT2D eigenvalue weighted by Gasteiger charge is 2.37. The van der Waals surface area contributed by atoms with Gasteiger partial charge < -0.3 is 5.32 Å². The molecule has 0 saturated carbocycles. The number of rotatable bonds is 2. The highest BCUT2D eigenvalue weighted by molar-refractivity contribution is 5.79. The van der Waals surface area contributed by atoms with Crippen molar-refractivity contribution < 1.29 is 0 Å². The number of nitrogens with zero attached hydrogens (tertiary/aromatic N) is 1. The molecule has 0 radical (unpaired) electrons. The Bertz CT molecular complexity index is 669. The maximum Gasteiger partial charge on any atom is 0.0702 e. The van der Waals surface area contributed by atoms with Crippen LogP contribution in [0.4, 0.5) is 0 Å². The molecule has 1 aromatic carbocycles. The lowest BCUT2D eigenvalue weighted by Gasteiger charge is -2.46. The van der Waals surface area contributed by atoms with Crippen LogP contribution in [0.2, 0.25) is 0 Å². The number of fused-ring (bicyclic) bond motifs is 1. The first-order valence-electron chi connectivity index (χ1n) is 8.37. The molecule has 2 aromatic rings. The highest BCUT2D eigenvalue weighted by atomic mass is 15.0. The minimum atomic E-state index is 0.216. The van der Waals surface area contributed by atoms with Gasteiger partial charge in [0.05, 0.1) is 5.52 Å². The Morgan fingerprint density at radius 3 is 2.45 bits per heavy atom. The van der Waals surface area contributed by atoms with Crippen molar-refractivity contribution in [1.82, 2.24) is 10.3 Å². The minimum absolute atomic E-state index is 0.216. The number of piperidine rings is 1. The van der Waals surface area contributed by atoms with Crippen LogP contribution in [0, 0.1) is 12.8 Å². The van der Waals surface area contributed by atoms with Crippen molar-refractivity contribution in [2.24, 2.45) is 5.92 Å². The van der Waals surface area contributed by atoms with Crippen molar-refractivity contribution in [2.45, 2.75) is 65.0 Å². The molecule has 1 N–H and O–H groups in total. The van der Waals surface area contributed by atoms with Crippen LogP contribution in [0.15, 0.2) is 30.5 Å². The monoisotopic (exact) mass is 296 g/mol. The van der Waals surface area contributed by atoms with Crippen molar-refractivity contribution in [3.63, 3.8) is 0 Å². The van der Waals surface area contributed by atoms with Crippen LogP contribution < -0.4 is 5.32 Å². The first-order chi connectivity index (χ1) is 10.2. The van der Waals surface area contributed by atoms with Gasteiger partial charge in [-0.05, 0) is 83.6 Å². The van der Waals surface area contributed by atoms with E-state index < -0.39 is 0 Å². The fourth-order valence-electron chi connectivity index (χ4n) is 4.42. The molecule has 0 bridgehead atoms. The summed E-state index contributed by atoms with van der Waals surface area (Å²) in [5.41, 5.74) is 4.20. The predicted octanol–water partition coefficient (Wildman–Crippen LogP) is 4.64. The van der Waals surface area contributed by atoms with Gasteiger partial charge in [-0.15, -0.1) is 0 Å². The van der Waals surface area contributed by atoms with Crippen molar-refractivity contribution >= 4 is 10.9 Å². The molecular weight excluding hydrogens is 268 g/mol. The van der Waals surface area contributed by atoms with Gasteiger partial charge in [0.25, 0.3) is 0 Å². The molecule has 2 nitrogen and oxygen atoms in total. The molecule has 2 heterocycles. The Kier molecular flexibility index (Phi) is 3.76. The fraction of sp³-hybridized carbons (Fsp3) is 0.550. The SMILES string of the molecule is Cc1ccc2ncc(CC3CC(C)(C)NC(C)(C)C3)cc2c1. The molecule has 1 aliphatic heterocycles. The third kappa shape index (κ3) is 3.49. The van der Waals surface area contributed by atoms with Crippen LogP contribution >= 0.6 is 0 Å². The second kappa shape index (κ2) is 5.34. The van der Waals surface area contributed by atoms with E-state index in [1.807, 2.05) is 0 Å². The second-order valence-electron chi connectivity index (χ2n) is 8.41. The molecule has 1 saturated heterocycles. The summed E-state index contributed by atoms with van der Waals surface area (Å²) in [5, 5.41) is 5.04. The predicted molar refractivity (Wildman–Crippen MR) is 94.2 cm³/mol. The number of pyridine rings is 1. The largest absolute Gasteiger partial charge is 0.307 e. The van der Waals surface area contributed by atoms with E-state index in [1.165, 1.54) is 29.4 Å². The lowest BCUT2D eigenvalue weighted by molar-refractivity contribution is 0.128. The van der Waals surface area contributed by atoms with Crippen molar-refractivity contribution in [3.8, 4) is 0 Å². The molecule has 1 aliphatic rings. The van der Waals surface area contributed by atoms with Crippen LogP contribution in [-0.4, -0.2) is 16.1 Å². The van der Waals surface area contributed by atoms with E-state index in [4.69, 9.17) is 0 Å². The van der Waals surface area contributed by atoms with E-state index in [0.29, 0.717) is 0 Å². The van der Waals surface area contributed by atoms with Gasteiger partial charge in [0, 0.05) is 22.7 Å². The molecule has 1 fully saturated rings. The molecule has 0 atom stereocenters. The van der Waals surface area contributed by atoms with Crippen LogP contribution in [0.5, 0.6) is 0 Å². The average molecular weight is 296 g/mol. The first kappa shape index (κ1) is 15.5. The summed E-state index contributed by atoms with van der Waals surface area (Å²) in [6.45, 7) is 11.4. The Morgan fingerprint density at radius 2 is 1.77 bits per heavy atom. The number of benzene rings is 1. The zero-order chi connectivity index (χ0) is 16.0. The third-order valence-corrected chi connectivity index (χ3v) is 4.69. The van der Waals surface area contributed by atoms with Gasteiger partial charge in [-0.1, -0.05) is 11.6 Å². The summed E-state index contributed by atoms with van der Waals surface area (Å²) in [7, 11) is 0. The molecule has 22 heavy (non-hydrogen) atoms. The Morgan fingerprint density at radius 1 is 1.09 bits per heavy atom. The number of nitrogens with one attached hydrogen (secondary N) is 1. The Balaban J connectivity index is 1.83. The van der Waals surface area contributed by atoms with Crippen LogP contribution in [0.25, 0.3) is 10.9 Å². The fourth-order valence-corrected chi connectivity index (χ4v) is 4.42. The van der Waals surface area contributed by atoms with E-state index in [2.05, 4.69) is 75.4 Å². The molecule has 2 heteroatoms. The molecule has 3 rings (SSSR count). The lowest BCUT2D eigenvalue weighted by Crippen LogP contribution is -2.58. The third-order valence-electron chi connectivity index (χ3n) is 4.69. The molecule has 0 spiro atoms. The van der Waals surface area contributed by atoms with Gasteiger partial charge in [-0.25, -0.2) is 0 Å². The molecular formula is C20H28N2. The molecule has 0 aliphatic carbocycles. The highest BCUT2D eigenvalue weighted by Crippen LogP contribution is 2.34. The van der Waals surface area contributed by atoms with Crippen LogP contribution in [-0.2, 0) is 6.42 Å². The molecule has 0 unspecified atom stereocenters. The normalized spacial score (nSPS) is 21.1. The summed E-state index contributed by atoms with van der Waals surface area (Å²) in [6.07, 6.45) is 5.65. The zero-order valence-electron chi connectivity index (χ0n) is 14.5. The summed E-state index contributed by atoms with van der Waals surface area (Å²) < 4.78 is 0. The van der Waals surface area contributed by atoms with Gasteiger partial charge in [0.15, 0.2) is 0 Å².